The van der Waals surface area contributed by atoms with Gasteiger partial charge >= 0.3 is 0 Å². The van der Waals surface area contributed by atoms with Gasteiger partial charge < -0.3 is 4.90 Å². The Morgan fingerprint density at radius 1 is 1.33 bits per heavy atom. The van der Waals surface area contributed by atoms with Crippen molar-refractivity contribution in [3.05, 3.63) is 21.9 Å². The minimum absolute atomic E-state index is 0.106. The summed E-state index contributed by atoms with van der Waals surface area (Å²) < 4.78 is 0. The minimum atomic E-state index is -0.213. The van der Waals surface area contributed by atoms with E-state index in [-0.39, 0.29) is 11.7 Å². The van der Waals surface area contributed by atoms with Crippen LogP contribution in [-0.4, -0.2) is 22.4 Å². The molecule has 0 bridgehead atoms. The van der Waals surface area contributed by atoms with Gasteiger partial charge in [-0.2, -0.15) is 0 Å². The van der Waals surface area contributed by atoms with Crippen LogP contribution in [-0.2, 0) is 4.79 Å². The van der Waals surface area contributed by atoms with Crippen molar-refractivity contribution in [2.45, 2.75) is 70.1 Å². The number of amides is 1. The van der Waals surface area contributed by atoms with Gasteiger partial charge in [-0.1, -0.05) is 12.8 Å². The number of hydrogen-bond acceptors (Lipinski definition) is 3. The lowest BCUT2D eigenvalue weighted by Crippen LogP contribution is -2.42. The maximum absolute atomic E-state index is 12.9. The molecule has 0 aromatic carbocycles. The first kappa shape index (κ1) is 13.8. The van der Waals surface area contributed by atoms with Crippen LogP contribution >= 0.6 is 11.3 Å². The van der Waals surface area contributed by atoms with Gasteiger partial charge in [-0.25, -0.2) is 0 Å². The molecule has 1 amide bonds. The van der Waals surface area contributed by atoms with Gasteiger partial charge in [-0.3, -0.25) is 10.1 Å². The van der Waals surface area contributed by atoms with Gasteiger partial charge in [0.15, 0.2) is 0 Å². The van der Waals surface area contributed by atoms with Crippen molar-refractivity contribution in [3.8, 4) is 0 Å². The normalized spacial score (nSPS) is 29.5. The summed E-state index contributed by atoms with van der Waals surface area (Å²) in [5, 5.41) is 3.66. The van der Waals surface area contributed by atoms with E-state index in [9.17, 15) is 4.79 Å². The van der Waals surface area contributed by atoms with E-state index in [0.29, 0.717) is 17.9 Å². The maximum atomic E-state index is 12.9. The van der Waals surface area contributed by atoms with Crippen molar-refractivity contribution in [1.82, 2.24) is 10.2 Å². The number of nitrogens with one attached hydrogen (secondary N) is 1. The molecule has 3 aliphatic rings. The van der Waals surface area contributed by atoms with E-state index < -0.39 is 0 Å². The van der Waals surface area contributed by atoms with Gasteiger partial charge in [0.2, 0.25) is 5.91 Å². The van der Waals surface area contributed by atoms with Gasteiger partial charge in [0.25, 0.3) is 0 Å². The van der Waals surface area contributed by atoms with Crippen LogP contribution in [0.25, 0.3) is 0 Å². The van der Waals surface area contributed by atoms with E-state index >= 15 is 0 Å². The summed E-state index contributed by atoms with van der Waals surface area (Å²) in [7, 11) is 0. The van der Waals surface area contributed by atoms with E-state index in [1.807, 2.05) is 11.3 Å². The molecule has 1 saturated heterocycles. The Hall–Kier alpha value is -0.870. The van der Waals surface area contributed by atoms with Crippen molar-refractivity contribution in [2.24, 2.45) is 5.92 Å². The van der Waals surface area contributed by atoms with Crippen LogP contribution in [0.5, 0.6) is 0 Å². The average molecular weight is 304 g/mol. The summed E-state index contributed by atoms with van der Waals surface area (Å²) in [4.78, 5) is 17.8. The van der Waals surface area contributed by atoms with Gasteiger partial charge in [0.05, 0.1) is 0 Å². The van der Waals surface area contributed by atoms with Crippen LogP contribution in [0.2, 0.25) is 0 Å². The summed E-state index contributed by atoms with van der Waals surface area (Å²) in [6.07, 6.45) is 7.37. The lowest BCUT2D eigenvalue weighted by atomic mass is 9.97. The predicted molar refractivity (Wildman–Crippen MR) is 85.2 cm³/mol. The molecule has 2 aliphatic carbocycles. The molecule has 1 aromatic heterocycles. The minimum Gasteiger partial charge on any atom is -0.317 e. The number of carbonyl (C=O) groups is 1. The fraction of sp³-hybridized carbons (Fsp3) is 0.706. The quantitative estimate of drug-likeness (QED) is 0.925. The van der Waals surface area contributed by atoms with E-state index in [4.69, 9.17) is 0 Å². The third-order valence-electron chi connectivity index (χ3n) is 5.64. The molecule has 3 fully saturated rings. The fourth-order valence-electron chi connectivity index (χ4n) is 4.14. The smallest absolute Gasteiger partial charge is 0.244 e. The van der Waals surface area contributed by atoms with Crippen LogP contribution in [0, 0.1) is 12.8 Å². The van der Waals surface area contributed by atoms with Crippen LogP contribution in [0.3, 0.4) is 0 Å². The van der Waals surface area contributed by atoms with Crippen molar-refractivity contribution < 1.29 is 4.79 Å². The molecule has 0 radical (unpaired) electrons. The zero-order valence-electron chi connectivity index (χ0n) is 12.9. The molecule has 4 rings (SSSR count). The Morgan fingerprint density at radius 3 is 2.62 bits per heavy atom. The Bertz CT molecular complexity index is 557. The second kappa shape index (κ2) is 4.82. The Labute approximate surface area is 130 Å². The summed E-state index contributed by atoms with van der Waals surface area (Å²) in [6, 6.07) is 4.73. The van der Waals surface area contributed by atoms with Gasteiger partial charge in [0.1, 0.15) is 11.7 Å². The molecule has 1 aliphatic heterocycles. The maximum Gasteiger partial charge on any atom is 0.244 e. The lowest BCUT2D eigenvalue weighted by molar-refractivity contribution is -0.133. The monoisotopic (exact) mass is 304 g/mol. The zero-order valence-corrected chi connectivity index (χ0v) is 13.7. The van der Waals surface area contributed by atoms with Crippen molar-refractivity contribution >= 4 is 17.2 Å². The average Bonchev–Trinajstić information content (AvgIpc) is 2.84. The Kier molecular flexibility index (Phi) is 3.16. The van der Waals surface area contributed by atoms with E-state index in [0.717, 1.165) is 12.8 Å². The number of aryl methyl sites for hydroxylation is 1. The highest BCUT2D eigenvalue weighted by Gasteiger charge is 2.60. The van der Waals surface area contributed by atoms with Crippen LogP contribution < -0.4 is 5.32 Å². The molecule has 4 heteroatoms. The van der Waals surface area contributed by atoms with Crippen molar-refractivity contribution in [2.75, 3.05) is 0 Å². The second-order valence-electron chi connectivity index (χ2n) is 7.07. The summed E-state index contributed by atoms with van der Waals surface area (Å²) in [6.45, 7) is 4.41. The topological polar surface area (TPSA) is 32.3 Å². The van der Waals surface area contributed by atoms with Gasteiger partial charge in [-0.05, 0) is 57.6 Å². The highest BCUT2D eigenvalue weighted by molar-refractivity contribution is 7.12. The molecule has 2 saturated carbocycles. The van der Waals surface area contributed by atoms with E-state index in [1.165, 1.54) is 35.4 Å². The van der Waals surface area contributed by atoms with Crippen LogP contribution in [0.1, 0.15) is 61.4 Å². The van der Waals surface area contributed by atoms with Gasteiger partial charge in [0, 0.05) is 15.8 Å². The summed E-state index contributed by atoms with van der Waals surface area (Å²) in [5.74, 6) is 1.05. The second-order valence-corrected chi connectivity index (χ2v) is 8.39. The number of carbonyl (C=O) groups excluding carboxylic acids is 1. The molecule has 1 N–H and O–H groups in total. The first-order valence-corrected chi connectivity index (χ1v) is 9.09. The molecule has 2 atom stereocenters. The zero-order chi connectivity index (χ0) is 14.6. The van der Waals surface area contributed by atoms with E-state index in [1.54, 1.807) is 0 Å². The van der Waals surface area contributed by atoms with E-state index in [2.05, 4.69) is 36.2 Å². The van der Waals surface area contributed by atoms with Crippen LogP contribution in [0.15, 0.2) is 12.1 Å². The predicted octanol–water partition coefficient (Wildman–Crippen LogP) is 3.60. The number of nitrogens with zero attached hydrogens (tertiary/aromatic N) is 1. The molecule has 2 heterocycles. The molecule has 1 spiro atoms. The molecule has 1 aromatic rings. The fourth-order valence-corrected chi connectivity index (χ4v) is 5.06. The molecular formula is C17H24N2OS. The molecular weight excluding hydrogens is 280 g/mol. The number of hydrogen-bond donors (Lipinski definition) is 1. The first-order chi connectivity index (χ1) is 10.1. The summed E-state index contributed by atoms with van der Waals surface area (Å²) in [5.41, 5.74) is -0.213. The summed E-state index contributed by atoms with van der Waals surface area (Å²) >= 11 is 1.82. The van der Waals surface area contributed by atoms with Crippen molar-refractivity contribution in [3.63, 3.8) is 0 Å². The third-order valence-corrected chi connectivity index (χ3v) is 6.69. The molecule has 21 heavy (non-hydrogen) atoms. The number of rotatable bonds is 3. The number of thiophene rings is 1. The highest BCUT2D eigenvalue weighted by Crippen LogP contribution is 2.49. The molecule has 3 nitrogen and oxygen atoms in total. The standard InChI is InChI=1S/C17H24N2OS/c1-11-7-8-14(21-11)15-18-17(9-10-17)16(20)19(15)12(2)13-5-3-4-6-13/h7-8,12-13,15,18H,3-6,9-10H2,1-2H3. The molecule has 114 valence electrons. The Morgan fingerprint density at radius 2 is 2.05 bits per heavy atom. The Balaban J connectivity index is 1.65. The SMILES string of the molecule is Cc1ccc(C2NC3(CC3)C(=O)N2C(C)C2CCCC2)s1. The largest absolute Gasteiger partial charge is 0.317 e. The van der Waals surface area contributed by atoms with Crippen molar-refractivity contribution in [1.29, 1.82) is 0 Å². The van der Waals surface area contributed by atoms with Crippen LogP contribution in [0.4, 0.5) is 0 Å². The molecule has 2 unspecified atom stereocenters. The highest BCUT2D eigenvalue weighted by atomic mass is 32.1. The lowest BCUT2D eigenvalue weighted by Gasteiger charge is -2.33. The third kappa shape index (κ3) is 2.15. The first-order valence-electron chi connectivity index (χ1n) is 8.27. The van der Waals surface area contributed by atoms with Gasteiger partial charge in [-0.15, -0.1) is 11.3 Å².